The Bertz CT molecular complexity index is 2550. The van der Waals surface area contributed by atoms with Gasteiger partial charge in [-0.3, -0.25) is 4.57 Å². The van der Waals surface area contributed by atoms with Crippen LogP contribution in [0.4, 0.5) is 4.39 Å². The quantitative estimate of drug-likeness (QED) is 0.195. The normalized spacial score (nSPS) is 11.5. The summed E-state index contributed by atoms with van der Waals surface area (Å²) in [5.74, 6) is 0.284. The van der Waals surface area contributed by atoms with E-state index in [0.29, 0.717) is 22.4 Å². The summed E-state index contributed by atoms with van der Waals surface area (Å²) in [5.41, 5.74) is 10.7. The molecule has 4 heteroatoms. The SMILES string of the molecule is Fc1cccc2nc(-c3ccc(-c4ccccc4)c4c3oc3cc(-c5ccccc5)ccc34)n(-c3ccc(-c4ccccc4)cc3)c12. The summed E-state index contributed by atoms with van der Waals surface area (Å²) in [6.07, 6.45) is 0. The minimum Gasteiger partial charge on any atom is -0.455 e. The second-order valence-corrected chi connectivity index (χ2v) is 11.7. The summed E-state index contributed by atoms with van der Waals surface area (Å²) in [6, 6.07) is 54.7. The van der Waals surface area contributed by atoms with Crippen molar-refractivity contribution in [3.05, 3.63) is 170 Å². The zero-order valence-electron chi connectivity index (χ0n) is 25.3. The molecule has 0 atom stereocenters. The summed E-state index contributed by atoms with van der Waals surface area (Å²) in [6.45, 7) is 0. The molecule has 2 aromatic heterocycles. The van der Waals surface area contributed by atoms with Crippen molar-refractivity contribution in [3.8, 4) is 50.5 Å². The molecular formula is C43H27FN2O. The van der Waals surface area contributed by atoms with E-state index >= 15 is 4.39 Å². The third-order valence-electron chi connectivity index (χ3n) is 8.91. The van der Waals surface area contributed by atoms with E-state index in [1.807, 2.05) is 77.4 Å². The smallest absolute Gasteiger partial charge is 0.149 e. The number of nitrogens with zero attached hydrogens (tertiary/aromatic N) is 2. The molecule has 0 radical (unpaired) electrons. The highest BCUT2D eigenvalue weighted by molar-refractivity contribution is 6.16. The van der Waals surface area contributed by atoms with Crippen LogP contribution < -0.4 is 0 Å². The monoisotopic (exact) mass is 606 g/mol. The molecule has 0 fully saturated rings. The van der Waals surface area contributed by atoms with Gasteiger partial charge in [-0.2, -0.15) is 0 Å². The third-order valence-corrected chi connectivity index (χ3v) is 8.91. The highest BCUT2D eigenvalue weighted by Crippen LogP contribution is 2.43. The lowest BCUT2D eigenvalue weighted by molar-refractivity contribution is 0.634. The number of imidazole rings is 1. The molecule has 7 aromatic carbocycles. The van der Waals surface area contributed by atoms with E-state index in [9.17, 15) is 0 Å². The number of fused-ring (bicyclic) bond motifs is 4. The van der Waals surface area contributed by atoms with Crippen LogP contribution in [0.2, 0.25) is 0 Å². The molecular weight excluding hydrogens is 579 g/mol. The Morgan fingerprint density at radius 1 is 0.511 bits per heavy atom. The van der Waals surface area contributed by atoms with Crippen LogP contribution in [0, 0.1) is 5.82 Å². The molecule has 9 rings (SSSR count). The molecule has 0 N–H and O–H groups in total. The summed E-state index contributed by atoms with van der Waals surface area (Å²) < 4.78 is 24.4. The Hall–Kier alpha value is -6.26. The van der Waals surface area contributed by atoms with E-state index in [2.05, 4.69) is 78.9 Å². The first kappa shape index (κ1) is 27.1. The van der Waals surface area contributed by atoms with Gasteiger partial charge in [0.05, 0.1) is 11.1 Å². The van der Waals surface area contributed by atoms with Crippen LogP contribution in [0.1, 0.15) is 0 Å². The zero-order chi connectivity index (χ0) is 31.3. The topological polar surface area (TPSA) is 31.0 Å². The summed E-state index contributed by atoms with van der Waals surface area (Å²) in [7, 11) is 0. The first-order chi connectivity index (χ1) is 23.2. The number of para-hydroxylation sites is 1. The maximum absolute atomic E-state index is 15.7. The minimum atomic E-state index is -0.331. The second-order valence-electron chi connectivity index (χ2n) is 11.7. The Kier molecular flexibility index (Phi) is 6.32. The summed E-state index contributed by atoms with van der Waals surface area (Å²) >= 11 is 0. The van der Waals surface area contributed by atoms with Crippen LogP contribution in [0.3, 0.4) is 0 Å². The van der Waals surface area contributed by atoms with Gasteiger partial charge in [0.25, 0.3) is 0 Å². The van der Waals surface area contributed by atoms with Gasteiger partial charge in [0.15, 0.2) is 0 Å². The van der Waals surface area contributed by atoms with Crippen LogP contribution in [0.5, 0.6) is 0 Å². The number of rotatable bonds is 5. The van der Waals surface area contributed by atoms with E-state index < -0.39 is 0 Å². The number of hydrogen-bond acceptors (Lipinski definition) is 2. The van der Waals surface area contributed by atoms with Crippen molar-refractivity contribution in [2.45, 2.75) is 0 Å². The lowest BCUT2D eigenvalue weighted by Crippen LogP contribution is -1.99. The van der Waals surface area contributed by atoms with Crippen molar-refractivity contribution in [2.75, 3.05) is 0 Å². The predicted octanol–water partition coefficient (Wildman–Crippen LogP) is 11.7. The number of hydrogen-bond donors (Lipinski definition) is 0. The molecule has 9 aromatic rings. The minimum absolute atomic E-state index is 0.331. The number of aromatic nitrogens is 2. The Morgan fingerprint density at radius 2 is 1.11 bits per heavy atom. The number of furan rings is 1. The molecule has 0 amide bonds. The van der Waals surface area contributed by atoms with Crippen molar-refractivity contribution >= 4 is 33.0 Å². The van der Waals surface area contributed by atoms with Crippen molar-refractivity contribution in [1.82, 2.24) is 9.55 Å². The molecule has 0 aliphatic carbocycles. The Morgan fingerprint density at radius 3 is 1.81 bits per heavy atom. The van der Waals surface area contributed by atoms with E-state index in [1.165, 1.54) is 6.07 Å². The van der Waals surface area contributed by atoms with Gasteiger partial charge in [-0.1, -0.05) is 121 Å². The highest BCUT2D eigenvalue weighted by atomic mass is 19.1. The molecule has 0 bridgehead atoms. The maximum atomic E-state index is 15.7. The molecule has 47 heavy (non-hydrogen) atoms. The van der Waals surface area contributed by atoms with Crippen LogP contribution >= 0.6 is 0 Å². The second kappa shape index (κ2) is 11.0. The van der Waals surface area contributed by atoms with Gasteiger partial charge in [-0.25, -0.2) is 9.37 Å². The molecule has 0 spiro atoms. The highest BCUT2D eigenvalue weighted by Gasteiger charge is 2.23. The zero-order valence-corrected chi connectivity index (χ0v) is 25.3. The predicted molar refractivity (Wildman–Crippen MR) is 190 cm³/mol. The Labute approximate surface area is 270 Å². The van der Waals surface area contributed by atoms with Crippen molar-refractivity contribution in [2.24, 2.45) is 0 Å². The molecule has 0 saturated heterocycles. The molecule has 0 aliphatic rings. The fourth-order valence-electron chi connectivity index (χ4n) is 6.68. The van der Waals surface area contributed by atoms with Gasteiger partial charge in [-0.15, -0.1) is 0 Å². The fraction of sp³-hybridized carbons (Fsp3) is 0. The van der Waals surface area contributed by atoms with E-state index in [1.54, 1.807) is 6.07 Å². The van der Waals surface area contributed by atoms with Gasteiger partial charge in [0, 0.05) is 16.5 Å². The summed E-state index contributed by atoms with van der Waals surface area (Å²) in [5, 5.41) is 2.02. The van der Waals surface area contributed by atoms with Crippen molar-refractivity contribution in [1.29, 1.82) is 0 Å². The molecule has 2 heterocycles. The van der Waals surface area contributed by atoms with Crippen LogP contribution in [0.25, 0.3) is 83.4 Å². The molecule has 222 valence electrons. The average Bonchev–Trinajstić information content (AvgIpc) is 3.72. The standard InChI is InChI=1S/C43H27FN2O/c44-37-17-10-18-38-41(37)46(33-22-19-30(20-23-33)28-11-4-1-5-12-28)43(45-38)36-26-25-34(31-15-8-3-9-16-31)40-35-24-21-32(27-39(35)47-42(36)40)29-13-6-2-7-14-29/h1-27H. The first-order valence-corrected chi connectivity index (χ1v) is 15.7. The fourth-order valence-corrected chi connectivity index (χ4v) is 6.68. The lowest BCUT2D eigenvalue weighted by Gasteiger charge is -2.13. The molecule has 0 unspecified atom stereocenters. The average molecular weight is 607 g/mol. The van der Waals surface area contributed by atoms with Gasteiger partial charge in [-0.05, 0) is 75.8 Å². The first-order valence-electron chi connectivity index (χ1n) is 15.7. The van der Waals surface area contributed by atoms with E-state index in [0.717, 1.165) is 61.0 Å². The third kappa shape index (κ3) is 4.53. The number of halogens is 1. The van der Waals surface area contributed by atoms with Gasteiger partial charge >= 0.3 is 0 Å². The van der Waals surface area contributed by atoms with Crippen LogP contribution in [-0.2, 0) is 0 Å². The Balaban J connectivity index is 1.31. The van der Waals surface area contributed by atoms with Crippen LogP contribution in [-0.4, -0.2) is 9.55 Å². The largest absolute Gasteiger partial charge is 0.455 e. The molecule has 0 aliphatic heterocycles. The summed E-state index contributed by atoms with van der Waals surface area (Å²) in [4.78, 5) is 5.05. The van der Waals surface area contributed by atoms with Gasteiger partial charge in [0.2, 0.25) is 0 Å². The number of benzene rings is 7. The van der Waals surface area contributed by atoms with Gasteiger partial charge < -0.3 is 4.42 Å². The van der Waals surface area contributed by atoms with Crippen LogP contribution in [0.15, 0.2) is 168 Å². The van der Waals surface area contributed by atoms with Crippen molar-refractivity contribution < 1.29 is 8.81 Å². The molecule has 3 nitrogen and oxygen atoms in total. The van der Waals surface area contributed by atoms with Crippen molar-refractivity contribution in [3.63, 3.8) is 0 Å². The lowest BCUT2D eigenvalue weighted by atomic mass is 9.96. The van der Waals surface area contributed by atoms with E-state index in [4.69, 9.17) is 9.40 Å². The molecule has 0 saturated carbocycles. The maximum Gasteiger partial charge on any atom is 0.149 e. The van der Waals surface area contributed by atoms with E-state index in [-0.39, 0.29) is 5.82 Å². The van der Waals surface area contributed by atoms with Gasteiger partial charge in [0.1, 0.15) is 28.3 Å².